The largest absolute Gasteiger partial charge is 0.479 e. The minimum atomic E-state index is -1.60. The maximum absolute atomic E-state index is 14.7. The SMILES string of the molecule is CCCCCc1ccc(-c2ccc(C#Cc3ccc(C4O[C@@H](C(=O)O)[C@H](C(=O)O)O4)cc3)cc2)c(F)c1F. The molecule has 0 saturated carbocycles. The van der Waals surface area contributed by atoms with Gasteiger partial charge >= 0.3 is 11.9 Å². The summed E-state index contributed by atoms with van der Waals surface area (Å²) in [7, 11) is 0. The van der Waals surface area contributed by atoms with Crippen molar-refractivity contribution in [1.82, 2.24) is 0 Å². The molecule has 1 saturated heterocycles. The van der Waals surface area contributed by atoms with E-state index >= 15 is 0 Å². The average molecular weight is 521 g/mol. The molecule has 196 valence electrons. The van der Waals surface area contributed by atoms with Gasteiger partial charge in [-0.1, -0.05) is 68.0 Å². The number of unbranched alkanes of at least 4 members (excludes halogenated alkanes) is 2. The standard InChI is InChI=1S/C30H26F2O6/c1-2-3-4-5-21-16-17-23(25(32)24(21)31)20-12-8-18(9-13-20)6-7-19-10-14-22(15-11-19)30-37-26(28(33)34)27(38-30)29(35)36/h8-17,26-27,30H,2-5H2,1H3,(H,33,34)(H,35,36)/t26-,27-/m1/s1. The van der Waals surface area contributed by atoms with Crippen LogP contribution in [-0.2, 0) is 25.5 Å². The van der Waals surface area contributed by atoms with Gasteiger partial charge in [0.2, 0.25) is 0 Å². The number of carboxylic acid groups (broad SMARTS) is 2. The second-order valence-electron chi connectivity index (χ2n) is 8.93. The molecule has 4 rings (SSSR count). The molecule has 38 heavy (non-hydrogen) atoms. The van der Waals surface area contributed by atoms with Crippen molar-refractivity contribution >= 4 is 11.9 Å². The minimum Gasteiger partial charge on any atom is -0.479 e. The molecule has 3 aromatic rings. The summed E-state index contributed by atoms with van der Waals surface area (Å²) in [5, 5.41) is 18.3. The molecule has 1 fully saturated rings. The summed E-state index contributed by atoms with van der Waals surface area (Å²) in [6.45, 7) is 2.06. The van der Waals surface area contributed by atoms with Gasteiger partial charge in [0.05, 0.1) is 0 Å². The summed E-state index contributed by atoms with van der Waals surface area (Å²) in [6.07, 6.45) is -1.01. The first-order valence-electron chi connectivity index (χ1n) is 12.2. The fourth-order valence-electron chi connectivity index (χ4n) is 4.15. The van der Waals surface area contributed by atoms with E-state index in [1.165, 1.54) is 0 Å². The number of hydrogen-bond acceptors (Lipinski definition) is 4. The Kier molecular flexibility index (Phi) is 8.52. The highest BCUT2D eigenvalue weighted by Gasteiger charge is 2.46. The summed E-state index contributed by atoms with van der Waals surface area (Å²) in [6, 6.07) is 16.7. The zero-order valence-electron chi connectivity index (χ0n) is 20.6. The molecule has 2 N–H and O–H groups in total. The van der Waals surface area contributed by atoms with E-state index in [4.69, 9.17) is 19.7 Å². The van der Waals surface area contributed by atoms with Gasteiger partial charge in [-0.2, -0.15) is 0 Å². The lowest BCUT2D eigenvalue weighted by Crippen LogP contribution is -2.36. The topological polar surface area (TPSA) is 93.1 Å². The van der Waals surface area contributed by atoms with Crippen molar-refractivity contribution in [2.45, 2.75) is 51.1 Å². The number of aryl methyl sites for hydroxylation is 1. The van der Waals surface area contributed by atoms with Crippen LogP contribution in [0, 0.1) is 23.5 Å². The lowest BCUT2D eigenvalue weighted by Gasteiger charge is -2.09. The molecule has 0 aromatic heterocycles. The van der Waals surface area contributed by atoms with Gasteiger partial charge < -0.3 is 19.7 Å². The first-order valence-corrected chi connectivity index (χ1v) is 12.2. The molecule has 1 aliphatic heterocycles. The first kappa shape index (κ1) is 27.0. The van der Waals surface area contributed by atoms with Crippen LogP contribution in [0.3, 0.4) is 0 Å². The second kappa shape index (κ2) is 12.0. The van der Waals surface area contributed by atoms with Crippen molar-refractivity contribution in [2.24, 2.45) is 0 Å². The molecular formula is C30H26F2O6. The summed E-state index contributed by atoms with van der Waals surface area (Å²) in [5.74, 6) is 1.51. The van der Waals surface area contributed by atoms with Gasteiger partial charge in [-0.3, -0.25) is 0 Å². The van der Waals surface area contributed by atoms with Crippen molar-refractivity contribution in [2.75, 3.05) is 0 Å². The van der Waals surface area contributed by atoms with Crippen LogP contribution in [0.4, 0.5) is 8.78 Å². The molecule has 0 spiro atoms. The first-order chi connectivity index (χ1) is 18.3. The molecule has 0 bridgehead atoms. The van der Waals surface area contributed by atoms with Crippen LogP contribution in [0.1, 0.15) is 54.7 Å². The van der Waals surface area contributed by atoms with Crippen molar-refractivity contribution in [1.29, 1.82) is 0 Å². The Morgan fingerprint density at radius 3 is 1.87 bits per heavy atom. The van der Waals surface area contributed by atoms with E-state index in [1.54, 1.807) is 60.7 Å². The number of hydrogen-bond donors (Lipinski definition) is 2. The van der Waals surface area contributed by atoms with E-state index in [-0.39, 0.29) is 5.56 Å². The lowest BCUT2D eigenvalue weighted by molar-refractivity contribution is -0.156. The van der Waals surface area contributed by atoms with E-state index in [9.17, 15) is 18.4 Å². The third kappa shape index (κ3) is 6.08. The predicted molar refractivity (Wildman–Crippen MR) is 135 cm³/mol. The van der Waals surface area contributed by atoms with Crippen LogP contribution in [-0.4, -0.2) is 34.4 Å². The normalized spacial score (nSPS) is 17.1. The van der Waals surface area contributed by atoms with Crippen molar-refractivity contribution < 1.29 is 38.1 Å². The Bertz CT molecular complexity index is 1350. The Hall–Kier alpha value is -4.06. The van der Waals surface area contributed by atoms with E-state index in [0.717, 1.165) is 19.3 Å². The highest BCUT2D eigenvalue weighted by atomic mass is 19.2. The van der Waals surface area contributed by atoms with Crippen LogP contribution in [0.25, 0.3) is 11.1 Å². The summed E-state index contributed by atoms with van der Waals surface area (Å²) in [4.78, 5) is 22.5. The second-order valence-corrected chi connectivity index (χ2v) is 8.93. The Morgan fingerprint density at radius 1 is 0.789 bits per heavy atom. The van der Waals surface area contributed by atoms with E-state index in [1.807, 2.05) is 0 Å². The van der Waals surface area contributed by atoms with Gasteiger partial charge in [-0.05, 0) is 48.2 Å². The van der Waals surface area contributed by atoms with E-state index in [2.05, 4.69) is 18.8 Å². The number of carbonyl (C=O) groups is 2. The van der Waals surface area contributed by atoms with Crippen molar-refractivity contribution in [3.05, 3.63) is 94.6 Å². The Labute approximate surface area is 218 Å². The molecule has 8 heteroatoms. The molecule has 0 radical (unpaired) electrons. The molecule has 3 aromatic carbocycles. The number of benzene rings is 3. The van der Waals surface area contributed by atoms with E-state index < -0.39 is 42.1 Å². The molecule has 2 atom stereocenters. The zero-order valence-corrected chi connectivity index (χ0v) is 20.6. The number of rotatable bonds is 8. The third-order valence-electron chi connectivity index (χ3n) is 6.24. The lowest BCUT2D eigenvalue weighted by atomic mass is 9.99. The van der Waals surface area contributed by atoms with Gasteiger partial charge in [0.1, 0.15) is 0 Å². The van der Waals surface area contributed by atoms with Gasteiger partial charge in [0.15, 0.2) is 30.1 Å². The molecule has 0 unspecified atom stereocenters. The van der Waals surface area contributed by atoms with Crippen molar-refractivity contribution in [3.63, 3.8) is 0 Å². The minimum absolute atomic E-state index is 0.198. The highest BCUT2D eigenvalue weighted by Crippen LogP contribution is 2.32. The number of halogens is 2. The quantitative estimate of drug-likeness (QED) is 0.292. The zero-order chi connectivity index (χ0) is 27.2. The maximum Gasteiger partial charge on any atom is 0.336 e. The van der Waals surface area contributed by atoms with Gasteiger partial charge in [0.25, 0.3) is 0 Å². The summed E-state index contributed by atoms with van der Waals surface area (Å²) in [5.41, 5.74) is 2.91. The van der Waals surface area contributed by atoms with Gasteiger partial charge in [-0.25, -0.2) is 18.4 Å². The van der Waals surface area contributed by atoms with Gasteiger partial charge in [-0.15, -0.1) is 0 Å². The van der Waals surface area contributed by atoms with Crippen LogP contribution in [0.15, 0.2) is 60.7 Å². The number of carboxylic acids is 2. The van der Waals surface area contributed by atoms with Crippen molar-refractivity contribution in [3.8, 4) is 23.0 Å². The molecule has 1 aliphatic rings. The van der Waals surface area contributed by atoms with E-state index in [0.29, 0.717) is 34.2 Å². The Morgan fingerprint density at radius 2 is 1.34 bits per heavy atom. The fourth-order valence-corrected chi connectivity index (χ4v) is 4.15. The monoisotopic (exact) mass is 520 g/mol. The Balaban J connectivity index is 1.43. The highest BCUT2D eigenvalue weighted by molar-refractivity contribution is 5.84. The van der Waals surface area contributed by atoms with Gasteiger partial charge in [0, 0.05) is 22.3 Å². The van der Waals surface area contributed by atoms with Crippen LogP contribution >= 0.6 is 0 Å². The maximum atomic E-state index is 14.7. The van der Waals surface area contributed by atoms with Crippen LogP contribution in [0.2, 0.25) is 0 Å². The molecule has 0 aliphatic carbocycles. The molecular weight excluding hydrogens is 494 g/mol. The van der Waals surface area contributed by atoms with Crippen LogP contribution < -0.4 is 0 Å². The fraction of sp³-hybridized carbons (Fsp3) is 0.267. The third-order valence-corrected chi connectivity index (χ3v) is 6.24. The molecule has 1 heterocycles. The number of ether oxygens (including phenoxy) is 2. The number of aliphatic carboxylic acids is 2. The molecule has 6 nitrogen and oxygen atoms in total. The predicted octanol–water partition coefficient (Wildman–Crippen LogP) is 5.72. The average Bonchev–Trinajstić information content (AvgIpc) is 3.37. The molecule has 0 amide bonds. The summed E-state index contributed by atoms with van der Waals surface area (Å²) < 4.78 is 39.8. The summed E-state index contributed by atoms with van der Waals surface area (Å²) >= 11 is 0. The smallest absolute Gasteiger partial charge is 0.336 e. The van der Waals surface area contributed by atoms with Crippen LogP contribution in [0.5, 0.6) is 0 Å².